The average Bonchev–Trinajstić information content (AvgIpc) is 2.30. The van der Waals surface area contributed by atoms with Crippen LogP contribution in [0.3, 0.4) is 0 Å². The van der Waals surface area contributed by atoms with E-state index >= 15 is 0 Å². The predicted molar refractivity (Wildman–Crippen MR) is 69.9 cm³/mol. The van der Waals surface area contributed by atoms with Crippen molar-refractivity contribution in [3.63, 3.8) is 0 Å². The number of nitrogens with two attached hydrogens (primary N) is 1. The Morgan fingerprint density at radius 1 is 1.19 bits per heavy atom. The van der Waals surface area contributed by atoms with E-state index in [0.717, 1.165) is 15.0 Å². The van der Waals surface area contributed by atoms with Crippen molar-refractivity contribution in [2.24, 2.45) is 0 Å². The molecule has 1 aromatic heterocycles. The molecule has 0 unspecified atom stereocenters. The van der Waals surface area contributed by atoms with Gasteiger partial charge in [-0.15, -0.1) is 0 Å². The van der Waals surface area contributed by atoms with Gasteiger partial charge in [-0.1, -0.05) is 12.1 Å². The summed E-state index contributed by atoms with van der Waals surface area (Å²) in [5, 5.41) is 0. The van der Waals surface area contributed by atoms with Crippen LogP contribution in [0.5, 0.6) is 5.75 Å². The SMILES string of the molecule is Nc1cnc(COc2ccccc2I)cn1. The van der Waals surface area contributed by atoms with E-state index in [2.05, 4.69) is 32.6 Å². The molecule has 0 bridgehead atoms. The third-order valence-electron chi connectivity index (χ3n) is 1.94. The van der Waals surface area contributed by atoms with Crippen LogP contribution in [0, 0.1) is 3.57 Å². The summed E-state index contributed by atoms with van der Waals surface area (Å²) in [6.07, 6.45) is 3.14. The summed E-state index contributed by atoms with van der Waals surface area (Å²) < 4.78 is 6.68. The van der Waals surface area contributed by atoms with Crippen molar-refractivity contribution >= 4 is 28.4 Å². The molecule has 1 heterocycles. The van der Waals surface area contributed by atoms with Crippen LogP contribution in [0.2, 0.25) is 0 Å². The number of aromatic nitrogens is 2. The number of halogens is 1. The van der Waals surface area contributed by atoms with Crippen LogP contribution >= 0.6 is 22.6 Å². The second-order valence-corrected chi connectivity index (χ2v) is 4.31. The fraction of sp³-hybridized carbons (Fsp3) is 0.0909. The molecule has 16 heavy (non-hydrogen) atoms. The molecule has 0 radical (unpaired) electrons. The van der Waals surface area contributed by atoms with Gasteiger partial charge in [-0.2, -0.15) is 0 Å². The van der Waals surface area contributed by atoms with Gasteiger partial charge in [0.15, 0.2) is 0 Å². The topological polar surface area (TPSA) is 61.0 Å². The zero-order valence-corrected chi connectivity index (χ0v) is 10.6. The number of benzene rings is 1. The van der Waals surface area contributed by atoms with Gasteiger partial charge in [0, 0.05) is 0 Å². The molecular formula is C11H10IN3O. The molecule has 0 saturated heterocycles. The first-order chi connectivity index (χ1) is 7.75. The van der Waals surface area contributed by atoms with E-state index < -0.39 is 0 Å². The van der Waals surface area contributed by atoms with Gasteiger partial charge in [0.1, 0.15) is 18.2 Å². The largest absolute Gasteiger partial charge is 0.486 e. The Morgan fingerprint density at radius 3 is 2.69 bits per heavy atom. The van der Waals surface area contributed by atoms with Gasteiger partial charge in [-0.05, 0) is 34.7 Å². The highest BCUT2D eigenvalue weighted by molar-refractivity contribution is 14.1. The Labute approximate surface area is 107 Å². The Balaban J connectivity index is 2.02. The first-order valence-electron chi connectivity index (χ1n) is 4.69. The third kappa shape index (κ3) is 2.82. The highest BCUT2D eigenvalue weighted by atomic mass is 127. The summed E-state index contributed by atoms with van der Waals surface area (Å²) in [6, 6.07) is 7.82. The molecule has 2 N–H and O–H groups in total. The average molecular weight is 327 g/mol. The first-order valence-corrected chi connectivity index (χ1v) is 5.77. The lowest BCUT2D eigenvalue weighted by molar-refractivity contribution is 0.298. The maximum Gasteiger partial charge on any atom is 0.141 e. The quantitative estimate of drug-likeness (QED) is 0.879. The Morgan fingerprint density at radius 2 is 2.00 bits per heavy atom. The van der Waals surface area contributed by atoms with Crippen molar-refractivity contribution in [1.82, 2.24) is 9.97 Å². The van der Waals surface area contributed by atoms with Crippen LogP contribution in [0.25, 0.3) is 0 Å². The van der Waals surface area contributed by atoms with Gasteiger partial charge >= 0.3 is 0 Å². The number of hydrogen-bond acceptors (Lipinski definition) is 4. The lowest BCUT2D eigenvalue weighted by Gasteiger charge is -2.06. The van der Waals surface area contributed by atoms with Gasteiger partial charge in [0.05, 0.1) is 21.7 Å². The maximum absolute atomic E-state index is 5.61. The molecule has 0 aliphatic carbocycles. The molecular weight excluding hydrogens is 317 g/mol. The number of anilines is 1. The molecule has 0 spiro atoms. The normalized spacial score (nSPS) is 10.1. The van der Waals surface area contributed by atoms with Crippen molar-refractivity contribution in [3.8, 4) is 5.75 Å². The van der Waals surface area contributed by atoms with Crippen molar-refractivity contribution in [2.75, 3.05) is 5.73 Å². The lowest BCUT2D eigenvalue weighted by atomic mass is 10.3. The van der Waals surface area contributed by atoms with E-state index in [1.54, 1.807) is 6.20 Å². The summed E-state index contributed by atoms with van der Waals surface area (Å²) in [7, 11) is 0. The van der Waals surface area contributed by atoms with Crippen LogP contribution in [0.4, 0.5) is 5.82 Å². The number of ether oxygens (including phenoxy) is 1. The number of nitrogen functional groups attached to an aromatic ring is 1. The monoisotopic (exact) mass is 327 g/mol. The number of rotatable bonds is 3. The third-order valence-corrected chi connectivity index (χ3v) is 2.83. The van der Waals surface area contributed by atoms with Crippen molar-refractivity contribution < 1.29 is 4.74 Å². The molecule has 0 fully saturated rings. The molecule has 1 aromatic carbocycles. The predicted octanol–water partition coefficient (Wildman–Crippen LogP) is 2.24. The van der Waals surface area contributed by atoms with Gasteiger partial charge in [-0.25, -0.2) is 4.98 Å². The van der Waals surface area contributed by atoms with Gasteiger partial charge in [0.2, 0.25) is 0 Å². The summed E-state index contributed by atoms with van der Waals surface area (Å²) in [6.45, 7) is 0.396. The zero-order chi connectivity index (χ0) is 11.4. The summed E-state index contributed by atoms with van der Waals surface area (Å²) in [5.74, 6) is 1.26. The molecule has 0 atom stereocenters. The van der Waals surface area contributed by atoms with Gasteiger partial charge in [-0.3, -0.25) is 4.98 Å². The summed E-state index contributed by atoms with van der Waals surface area (Å²) >= 11 is 2.23. The number of nitrogens with zero attached hydrogens (tertiary/aromatic N) is 2. The Hall–Kier alpha value is -1.37. The Bertz CT molecular complexity index is 473. The standard InChI is InChI=1S/C11H10IN3O/c12-9-3-1-2-4-10(9)16-7-8-5-15-11(13)6-14-8/h1-6H,7H2,(H2,13,15). The summed E-state index contributed by atoms with van der Waals surface area (Å²) in [4.78, 5) is 8.06. The van der Waals surface area contributed by atoms with E-state index in [0.29, 0.717) is 12.4 Å². The van der Waals surface area contributed by atoms with Crippen LogP contribution in [0.15, 0.2) is 36.7 Å². The molecule has 4 nitrogen and oxygen atoms in total. The fourth-order valence-corrected chi connectivity index (χ4v) is 1.70. The molecule has 2 aromatic rings. The Kier molecular flexibility index (Phi) is 3.55. The minimum atomic E-state index is 0.396. The summed E-state index contributed by atoms with van der Waals surface area (Å²) in [5.41, 5.74) is 6.20. The molecule has 5 heteroatoms. The fourth-order valence-electron chi connectivity index (χ4n) is 1.15. The molecule has 2 rings (SSSR count). The highest BCUT2D eigenvalue weighted by Gasteiger charge is 2.01. The van der Waals surface area contributed by atoms with Crippen molar-refractivity contribution in [3.05, 3.63) is 45.9 Å². The lowest BCUT2D eigenvalue weighted by Crippen LogP contribution is -2.01. The van der Waals surface area contributed by atoms with E-state index in [9.17, 15) is 0 Å². The van der Waals surface area contributed by atoms with Crippen LogP contribution < -0.4 is 10.5 Å². The highest BCUT2D eigenvalue weighted by Crippen LogP contribution is 2.20. The van der Waals surface area contributed by atoms with Crippen molar-refractivity contribution in [1.29, 1.82) is 0 Å². The number of hydrogen-bond donors (Lipinski definition) is 1. The minimum absolute atomic E-state index is 0.396. The minimum Gasteiger partial charge on any atom is -0.486 e. The van der Waals surface area contributed by atoms with Gasteiger partial charge < -0.3 is 10.5 Å². The van der Waals surface area contributed by atoms with Crippen LogP contribution in [0.1, 0.15) is 5.69 Å². The zero-order valence-electron chi connectivity index (χ0n) is 8.43. The van der Waals surface area contributed by atoms with E-state index in [4.69, 9.17) is 10.5 Å². The van der Waals surface area contributed by atoms with E-state index in [1.165, 1.54) is 6.20 Å². The molecule has 0 aliphatic rings. The second kappa shape index (κ2) is 5.11. The molecule has 0 amide bonds. The molecule has 82 valence electrons. The van der Waals surface area contributed by atoms with E-state index in [1.807, 2.05) is 24.3 Å². The second-order valence-electron chi connectivity index (χ2n) is 3.15. The number of para-hydroxylation sites is 1. The van der Waals surface area contributed by atoms with Gasteiger partial charge in [0.25, 0.3) is 0 Å². The first kappa shape index (κ1) is 11.1. The smallest absolute Gasteiger partial charge is 0.141 e. The van der Waals surface area contributed by atoms with Crippen molar-refractivity contribution in [2.45, 2.75) is 6.61 Å². The van der Waals surface area contributed by atoms with E-state index in [-0.39, 0.29) is 0 Å². The van der Waals surface area contributed by atoms with Crippen LogP contribution in [-0.2, 0) is 6.61 Å². The molecule has 0 saturated carbocycles. The maximum atomic E-state index is 5.61. The van der Waals surface area contributed by atoms with Crippen LogP contribution in [-0.4, -0.2) is 9.97 Å². The molecule has 0 aliphatic heterocycles.